The van der Waals surface area contributed by atoms with Gasteiger partial charge < -0.3 is 11.1 Å². The molecular weight excluding hydrogens is 210 g/mol. The summed E-state index contributed by atoms with van der Waals surface area (Å²) >= 11 is 0. The van der Waals surface area contributed by atoms with Gasteiger partial charge in [0.15, 0.2) is 0 Å². The second-order valence-corrected chi connectivity index (χ2v) is 4.43. The molecule has 2 rings (SSSR count). The van der Waals surface area contributed by atoms with Crippen LogP contribution in [0.3, 0.4) is 0 Å². The molecule has 0 amide bonds. The van der Waals surface area contributed by atoms with Gasteiger partial charge >= 0.3 is 0 Å². The molecule has 0 fully saturated rings. The van der Waals surface area contributed by atoms with Crippen LogP contribution < -0.4 is 11.1 Å². The van der Waals surface area contributed by atoms with Gasteiger partial charge in [0.05, 0.1) is 0 Å². The van der Waals surface area contributed by atoms with Crippen LogP contribution in [0.25, 0.3) is 10.8 Å². The highest BCUT2D eigenvalue weighted by atomic mass is 15.0. The van der Waals surface area contributed by atoms with Gasteiger partial charge in [-0.2, -0.15) is 0 Å². The Morgan fingerprint density at radius 2 is 2.12 bits per heavy atom. The van der Waals surface area contributed by atoms with Crippen LogP contribution in [0.4, 0.5) is 5.82 Å². The molecule has 0 bridgehead atoms. The van der Waals surface area contributed by atoms with Crippen LogP contribution in [0.2, 0.25) is 0 Å². The first-order valence-corrected chi connectivity index (χ1v) is 6.10. The van der Waals surface area contributed by atoms with Gasteiger partial charge in [0.25, 0.3) is 0 Å². The van der Waals surface area contributed by atoms with E-state index in [1.54, 1.807) is 0 Å². The lowest BCUT2D eigenvalue weighted by Gasteiger charge is -2.09. The molecule has 0 saturated carbocycles. The number of hydrogen-bond acceptors (Lipinski definition) is 3. The minimum Gasteiger partial charge on any atom is -0.370 e. The third kappa shape index (κ3) is 3.17. The van der Waals surface area contributed by atoms with E-state index in [1.807, 2.05) is 31.3 Å². The van der Waals surface area contributed by atoms with Crippen LogP contribution in [0.1, 0.15) is 19.8 Å². The number of nitrogens with zero attached hydrogens (tertiary/aromatic N) is 1. The number of fused-ring (bicyclic) bond motifs is 1. The molecule has 1 atom stereocenters. The standard InChI is InChI=1S/C14H19N3/c1-11(15)5-4-9-16-14-13-7-3-2-6-12(13)8-10-17-14/h2-3,6-8,10-11H,4-5,9,15H2,1H3,(H,16,17). The number of nitrogens with one attached hydrogen (secondary N) is 1. The van der Waals surface area contributed by atoms with Crippen molar-refractivity contribution < 1.29 is 0 Å². The molecule has 0 spiro atoms. The Bertz CT molecular complexity index is 474. The number of aromatic nitrogens is 1. The molecule has 0 aliphatic carbocycles. The second kappa shape index (κ2) is 5.64. The summed E-state index contributed by atoms with van der Waals surface area (Å²) in [4.78, 5) is 4.38. The summed E-state index contributed by atoms with van der Waals surface area (Å²) in [6.07, 6.45) is 3.95. The normalized spacial score (nSPS) is 12.6. The Morgan fingerprint density at radius 3 is 2.94 bits per heavy atom. The highest BCUT2D eigenvalue weighted by Gasteiger charge is 2.00. The number of anilines is 1. The topological polar surface area (TPSA) is 50.9 Å². The highest BCUT2D eigenvalue weighted by Crippen LogP contribution is 2.20. The zero-order chi connectivity index (χ0) is 12.1. The lowest BCUT2D eigenvalue weighted by molar-refractivity contribution is 0.639. The Kier molecular flexibility index (Phi) is 3.94. The molecule has 0 aliphatic heterocycles. The van der Waals surface area contributed by atoms with Gasteiger partial charge in [0, 0.05) is 24.2 Å². The summed E-state index contributed by atoms with van der Waals surface area (Å²) in [7, 11) is 0. The maximum Gasteiger partial charge on any atom is 0.133 e. The fourth-order valence-corrected chi connectivity index (χ4v) is 1.89. The third-order valence-electron chi connectivity index (χ3n) is 2.80. The Balaban J connectivity index is 2.03. The van der Waals surface area contributed by atoms with Gasteiger partial charge in [0.1, 0.15) is 5.82 Å². The molecule has 3 N–H and O–H groups in total. The second-order valence-electron chi connectivity index (χ2n) is 4.43. The summed E-state index contributed by atoms with van der Waals surface area (Å²) < 4.78 is 0. The maximum absolute atomic E-state index is 5.72. The third-order valence-corrected chi connectivity index (χ3v) is 2.80. The minimum atomic E-state index is 0.275. The van der Waals surface area contributed by atoms with E-state index < -0.39 is 0 Å². The predicted octanol–water partition coefficient (Wildman–Crippen LogP) is 2.77. The molecule has 3 heteroatoms. The predicted molar refractivity (Wildman–Crippen MR) is 73.1 cm³/mol. The zero-order valence-corrected chi connectivity index (χ0v) is 10.2. The number of rotatable bonds is 5. The molecule has 0 aliphatic rings. The number of nitrogens with two attached hydrogens (primary N) is 1. The van der Waals surface area contributed by atoms with E-state index in [1.165, 1.54) is 10.8 Å². The quantitative estimate of drug-likeness (QED) is 0.775. The van der Waals surface area contributed by atoms with Crippen molar-refractivity contribution in [1.29, 1.82) is 0 Å². The van der Waals surface area contributed by atoms with E-state index in [2.05, 4.69) is 22.4 Å². The number of pyridine rings is 1. The molecule has 0 saturated heterocycles. The van der Waals surface area contributed by atoms with Crippen molar-refractivity contribution >= 4 is 16.6 Å². The number of benzene rings is 1. The van der Waals surface area contributed by atoms with Gasteiger partial charge in [-0.3, -0.25) is 0 Å². The first-order chi connectivity index (χ1) is 8.27. The summed E-state index contributed by atoms with van der Waals surface area (Å²) in [6, 6.07) is 10.6. The van der Waals surface area contributed by atoms with Crippen molar-refractivity contribution in [3.63, 3.8) is 0 Å². The summed E-state index contributed by atoms with van der Waals surface area (Å²) in [6.45, 7) is 2.96. The molecule has 3 nitrogen and oxygen atoms in total. The molecule has 1 heterocycles. The Hall–Kier alpha value is -1.61. The molecule has 2 aromatic rings. The van der Waals surface area contributed by atoms with Gasteiger partial charge in [-0.25, -0.2) is 4.98 Å². The molecule has 17 heavy (non-hydrogen) atoms. The minimum absolute atomic E-state index is 0.275. The van der Waals surface area contributed by atoms with Crippen LogP contribution in [0.15, 0.2) is 36.5 Å². The molecule has 1 aromatic carbocycles. The molecule has 90 valence electrons. The van der Waals surface area contributed by atoms with Crippen molar-refractivity contribution in [2.24, 2.45) is 5.73 Å². The molecule has 1 aromatic heterocycles. The van der Waals surface area contributed by atoms with E-state index in [9.17, 15) is 0 Å². The lowest BCUT2D eigenvalue weighted by atomic mass is 10.1. The van der Waals surface area contributed by atoms with Gasteiger partial charge in [0.2, 0.25) is 0 Å². The van der Waals surface area contributed by atoms with E-state index in [0.29, 0.717) is 0 Å². The Labute approximate surface area is 102 Å². The summed E-state index contributed by atoms with van der Waals surface area (Å²) in [5, 5.41) is 5.77. The van der Waals surface area contributed by atoms with Crippen molar-refractivity contribution in [1.82, 2.24) is 4.98 Å². The summed E-state index contributed by atoms with van der Waals surface area (Å²) in [5.41, 5.74) is 5.72. The smallest absolute Gasteiger partial charge is 0.133 e. The first kappa shape index (κ1) is 11.9. The number of hydrogen-bond donors (Lipinski definition) is 2. The zero-order valence-electron chi connectivity index (χ0n) is 10.2. The molecule has 0 radical (unpaired) electrons. The largest absolute Gasteiger partial charge is 0.370 e. The molecule has 1 unspecified atom stereocenters. The average Bonchev–Trinajstić information content (AvgIpc) is 2.34. The highest BCUT2D eigenvalue weighted by molar-refractivity contribution is 5.91. The fourth-order valence-electron chi connectivity index (χ4n) is 1.89. The van der Waals surface area contributed by atoms with Crippen LogP contribution in [0, 0.1) is 0 Å². The maximum atomic E-state index is 5.72. The van der Waals surface area contributed by atoms with Gasteiger partial charge in [-0.15, -0.1) is 0 Å². The van der Waals surface area contributed by atoms with Gasteiger partial charge in [-0.1, -0.05) is 24.3 Å². The first-order valence-electron chi connectivity index (χ1n) is 6.10. The van der Waals surface area contributed by atoms with Crippen LogP contribution in [-0.2, 0) is 0 Å². The van der Waals surface area contributed by atoms with Crippen molar-refractivity contribution in [3.8, 4) is 0 Å². The van der Waals surface area contributed by atoms with Crippen LogP contribution in [-0.4, -0.2) is 17.6 Å². The van der Waals surface area contributed by atoms with Crippen molar-refractivity contribution in [2.75, 3.05) is 11.9 Å². The van der Waals surface area contributed by atoms with E-state index in [4.69, 9.17) is 5.73 Å². The van der Waals surface area contributed by atoms with Crippen LogP contribution >= 0.6 is 0 Å². The summed E-state index contributed by atoms with van der Waals surface area (Å²) in [5.74, 6) is 0.966. The van der Waals surface area contributed by atoms with E-state index in [-0.39, 0.29) is 6.04 Å². The van der Waals surface area contributed by atoms with E-state index >= 15 is 0 Å². The van der Waals surface area contributed by atoms with E-state index in [0.717, 1.165) is 25.2 Å². The van der Waals surface area contributed by atoms with Gasteiger partial charge in [-0.05, 0) is 31.2 Å². The van der Waals surface area contributed by atoms with Crippen molar-refractivity contribution in [3.05, 3.63) is 36.5 Å². The molecular formula is C14H19N3. The lowest BCUT2D eigenvalue weighted by Crippen LogP contribution is -2.16. The fraction of sp³-hybridized carbons (Fsp3) is 0.357. The average molecular weight is 229 g/mol. The Morgan fingerprint density at radius 1 is 1.29 bits per heavy atom. The van der Waals surface area contributed by atoms with Crippen LogP contribution in [0.5, 0.6) is 0 Å². The van der Waals surface area contributed by atoms with Crippen molar-refractivity contribution in [2.45, 2.75) is 25.8 Å². The monoisotopic (exact) mass is 229 g/mol. The SMILES string of the molecule is CC(N)CCCNc1nccc2ccccc12.